The van der Waals surface area contributed by atoms with Crippen molar-refractivity contribution in [2.24, 2.45) is 0 Å². The maximum Gasteiger partial charge on any atom is 0.311 e. The fraction of sp³-hybridized carbons (Fsp3) is 0.633. The van der Waals surface area contributed by atoms with Gasteiger partial charge in [0, 0.05) is 19.0 Å². The zero-order chi connectivity index (χ0) is 28.2. The number of ether oxygens (including phenoxy) is 1. The van der Waals surface area contributed by atoms with Crippen molar-refractivity contribution in [3.05, 3.63) is 48.1 Å². The van der Waals surface area contributed by atoms with Crippen molar-refractivity contribution in [2.45, 2.75) is 110 Å². The molecule has 1 unspecified atom stereocenters. The number of phenolic OH excluding ortho intramolecular Hbond substituents is 1. The van der Waals surface area contributed by atoms with Gasteiger partial charge in [0.2, 0.25) is 0 Å². The van der Waals surface area contributed by atoms with Crippen LogP contribution >= 0.6 is 0 Å². The first kappa shape index (κ1) is 33.9. The summed E-state index contributed by atoms with van der Waals surface area (Å²) in [6, 6.07) is 4.57. The second-order valence-corrected chi connectivity index (χ2v) is 11.6. The van der Waals surface area contributed by atoms with Crippen LogP contribution in [0, 0.1) is 0 Å². The van der Waals surface area contributed by atoms with E-state index < -0.39 is 22.2 Å². The third-order valence-corrected chi connectivity index (χ3v) is 6.49. The number of hydrogen-bond donors (Lipinski definition) is 2. The molecule has 0 saturated heterocycles. The molecule has 38 heavy (non-hydrogen) atoms. The van der Waals surface area contributed by atoms with E-state index >= 15 is 0 Å². The third-order valence-electron chi connectivity index (χ3n) is 5.91. The van der Waals surface area contributed by atoms with E-state index in [9.17, 15) is 18.3 Å². The summed E-state index contributed by atoms with van der Waals surface area (Å²) >= 11 is 0. The lowest BCUT2D eigenvalue weighted by molar-refractivity contribution is -0.134. The van der Waals surface area contributed by atoms with Crippen molar-refractivity contribution in [3.63, 3.8) is 0 Å². The van der Waals surface area contributed by atoms with Gasteiger partial charge < -0.3 is 15.2 Å². The van der Waals surface area contributed by atoms with Crippen molar-refractivity contribution in [1.82, 2.24) is 5.32 Å². The average molecular weight is 552 g/mol. The highest BCUT2D eigenvalue weighted by Gasteiger charge is 2.20. The summed E-state index contributed by atoms with van der Waals surface area (Å²) in [5, 5.41) is 13.5. The number of aromatic hydroxyl groups is 1. The van der Waals surface area contributed by atoms with Gasteiger partial charge in [0.25, 0.3) is 10.1 Å². The van der Waals surface area contributed by atoms with Crippen LogP contribution in [0.4, 0.5) is 0 Å². The minimum absolute atomic E-state index is 0.0539. The van der Waals surface area contributed by atoms with Gasteiger partial charge in [-0.3, -0.25) is 8.98 Å². The molecule has 8 heteroatoms. The average Bonchev–Trinajstić information content (AvgIpc) is 2.84. The zero-order valence-electron chi connectivity index (χ0n) is 23.8. The highest BCUT2D eigenvalue weighted by Crippen LogP contribution is 2.31. The molecule has 0 bridgehead atoms. The van der Waals surface area contributed by atoms with Crippen molar-refractivity contribution in [3.8, 4) is 11.5 Å². The molecule has 0 amide bonds. The topological polar surface area (TPSA) is 102 Å². The maximum atomic E-state index is 12.2. The molecule has 1 rings (SSSR count). The van der Waals surface area contributed by atoms with Crippen LogP contribution in [0.25, 0.3) is 0 Å². The second-order valence-electron chi connectivity index (χ2n) is 10.0. The minimum Gasteiger partial charge on any atom is -0.504 e. The molecule has 0 fully saturated rings. The van der Waals surface area contributed by atoms with E-state index in [1.54, 1.807) is 6.07 Å². The van der Waals surface area contributed by atoms with Crippen LogP contribution in [-0.2, 0) is 19.1 Å². The molecule has 1 atom stereocenters. The highest BCUT2D eigenvalue weighted by molar-refractivity contribution is 7.86. The van der Waals surface area contributed by atoms with Gasteiger partial charge in [-0.15, -0.1) is 0 Å². The lowest BCUT2D eigenvalue weighted by Gasteiger charge is -2.19. The van der Waals surface area contributed by atoms with Crippen LogP contribution in [0.3, 0.4) is 0 Å². The molecule has 216 valence electrons. The maximum absolute atomic E-state index is 12.2. The van der Waals surface area contributed by atoms with E-state index in [0.29, 0.717) is 5.56 Å². The van der Waals surface area contributed by atoms with Gasteiger partial charge in [-0.2, -0.15) is 8.42 Å². The van der Waals surface area contributed by atoms with E-state index in [1.165, 1.54) is 44.2 Å². The molecule has 1 aromatic carbocycles. The second kappa shape index (κ2) is 19.8. The van der Waals surface area contributed by atoms with Crippen molar-refractivity contribution < 1.29 is 27.2 Å². The van der Waals surface area contributed by atoms with E-state index in [0.717, 1.165) is 44.8 Å². The Morgan fingerprint density at radius 3 is 2.21 bits per heavy atom. The Balaban J connectivity index is 2.30. The van der Waals surface area contributed by atoms with E-state index in [4.69, 9.17) is 8.92 Å². The highest BCUT2D eigenvalue weighted by atomic mass is 32.2. The molecule has 0 aliphatic heterocycles. The van der Waals surface area contributed by atoms with Gasteiger partial charge in [-0.05, 0) is 49.8 Å². The third kappa shape index (κ3) is 17.4. The molecule has 0 heterocycles. The number of unbranched alkanes of at least 4 members (excludes halogenated alkanes) is 8. The smallest absolute Gasteiger partial charge is 0.311 e. The monoisotopic (exact) mass is 551 g/mol. The van der Waals surface area contributed by atoms with Crippen LogP contribution in [0.15, 0.2) is 42.5 Å². The summed E-state index contributed by atoms with van der Waals surface area (Å²) in [6.45, 7) is 6.33. The van der Waals surface area contributed by atoms with Crippen LogP contribution in [-0.4, -0.2) is 38.3 Å². The molecule has 0 aliphatic rings. The normalized spacial score (nSPS) is 13.1. The number of nitrogens with one attached hydrogen (secondary N) is 1. The van der Waals surface area contributed by atoms with Crippen molar-refractivity contribution in [1.29, 1.82) is 0 Å². The van der Waals surface area contributed by atoms with Crippen LogP contribution in [0.5, 0.6) is 11.5 Å². The molecule has 0 saturated carbocycles. The van der Waals surface area contributed by atoms with Crippen LogP contribution < -0.4 is 10.1 Å². The minimum atomic E-state index is -3.70. The van der Waals surface area contributed by atoms with Gasteiger partial charge in [0.1, 0.15) is 6.10 Å². The van der Waals surface area contributed by atoms with E-state index in [1.807, 2.05) is 13.8 Å². The lowest BCUT2D eigenvalue weighted by Crippen LogP contribution is -2.30. The molecule has 0 aliphatic carbocycles. The first-order valence-corrected chi connectivity index (χ1v) is 15.9. The molecular weight excluding hydrogens is 502 g/mol. The first-order valence-electron chi connectivity index (χ1n) is 14.1. The standard InChI is InChI=1S/C30H49NO6S/c1-5-6-7-8-9-10-11-12-13-14-15-16-17-18-19-20-30(33)36-28-22-21-26(23-27(28)32)29(24-31-25(2)3)37-38(4,34)35/h8-9,11-12,21-23,25,29,31-32H,5-7,10,13-20,24H2,1-4H3. The predicted octanol–water partition coefficient (Wildman–Crippen LogP) is 7.13. The molecule has 1 aromatic rings. The number of carbonyl (C=O) groups is 1. The first-order chi connectivity index (χ1) is 18.1. The van der Waals surface area contributed by atoms with Crippen molar-refractivity contribution >= 4 is 16.1 Å². The number of esters is 1. The lowest BCUT2D eigenvalue weighted by atomic mass is 10.1. The summed E-state index contributed by atoms with van der Waals surface area (Å²) in [5.41, 5.74) is 0.468. The van der Waals surface area contributed by atoms with E-state index in [-0.39, 0.29) is 30.5 Å². The Morgan fingerprint density at radius 1 is 0.974 bits per heavy atom. The Bertz CT molecular complexity index is 955. The summed E-state index contributed by atoms with van der Waals surface area (Å²) in [5.74, 6) is -0.574. The number of rotatable bonds is 21. The summed E-state index contributed by atoms with van der Waals surface area (Å²) < 4.78 is 33.8. The molecule has 7 nitrogen and oxygen atoms in total. The Hall–Kier alpha value is -2.16. The molecule has 0 radical (unpaired) electrons. The number of allylic oxidation sites excluding steroid dienone is 4. The molecule has 2 N–H and O–H groups in total. The fourth-order valence-electron chi connectivity index (χ4n) is 3.82. The Labute approximate surface area is 230 Å². The Kier molecular flexibility index (Phi) is 17.7. The van der Waals surface area contributed by atoms with E-state index in [2.05, 4.69) is 36.5 Å². The quantitative estimate of drug-likeness (QED) is 0.0551. The molecule has 0 spiro atoms. The van der Waals surface area contributed by atoms with Gasteiger partial charge >= 0.3 is 5.97 Å². The number of hydrogen-bond acceptors (Lipinski definition) is 7. The molecule has 0 aromatic heterocycles. The van der Waals surface area contributed by atoms with Gasteiger partial charge in [0.15, 0.2) is 11.5 Å². The number of carbonyl (C=O) groups excluding carboxylic acids is 1. The van der Waals surface area contributed by atoms with Crippen LogP contribution in [0.1, 0.15) is 109 Å². The fourth-order valence-corrected chi connectivity index (χ4v) is 4.42. The largest absolute Gasteiger partial charge is 0.504 e. The summed E-state index contributed by atoms with van der Waals surface area (Å²) in [6.07, 6.45) is 21.6. The molecular formula is C30H49NO6S. The van der Waals surface area contributed by atoms with Crippen molar-refractivity contribution in [2.75, 3.05) is 12.8 Å². The predicted molar refractivity (Wildman–Crippen MR) is 155 cm³/mol. The summed E-state index contributed by atoms with van der Waals surface area (Å²) in [4.78, 5) is 12.2. The van der Waals surface area contributed by atoms with Crippen LogP contribution in [0.2, 0.25) is 0 Å². The number of benzene rings is 1. The Morgan fingerprint density at radius 2 is 1.61 bits per heavy atom. The SMILES string of the molecule is CCCCC=CCC=CCCCCCCCCC(=O)Oc1ccc(C(CNC(C)C)OS(C)(=O)=O)cc1O. The van der Waals surface area contributed by atoms with Gasteiger partial charge in [0.05, 0.1) is 6.26 Å². The number of phenols is 1. The van der Waals surface area contributed by atoms with Gasteiger partial charge in [-0.1, -0.05) is 89.7 Å². The zero-order valence-corrected chi connectivity index (χ0v) is 24.6. The summed E-state index contributed by atoms with van der Waals surface area (Å²) in [7, 11) is -3.70. The van der Waals surface area contributed by atoms with Gasteiger partial charge in [-0.25, -0.2) is 0 Å².